The highest BCUT2D eigenvalue weighted by Crippen LogP contribution is 2.32. The number of thiophene rings is 1. The molecule has 26 heavy (non-hydrogen) atoms. The average molecular weight is 386 g/mol. The van der Waals surface area contributed by atoms with E-state index in [1.165, 1.54) is 18.1 Å². The van der Waals surface area contributed by atoms with E-state index in [-0.39, 0.29) is 16.9 Å². The Kier molecular flexibility index (Phi) is 6.00. The summed E-state index contributed by atoms with van der Waals surface area (Å²) in [6.07, 6.45) is 2.82. The summed E-state index contributed by atoms with van der Waals surface area (Å²) in [5.74, 6) is 0.0176. The Bertz CT molecular complexity index is 922. The van der Waals surface area contributed by atoms with Crippen LogP contribution in [-0.4, -0.2) is 26.9 Å². The van der Waals surface area contributed by atoms with Gasteiger partial charge >= 0.3 is 0 Å². The lowest BCUT2D eigenvalue weighted by Crippen LogP contribution is -2.14. The van der Waals surface area contributed by atoms with Crippen LogP contribution in [0, 0.1) is 0 Å². The SMILES string of the molecule is CCCC(=O)Nc1ccc(C(=O)C(C)Sc2ncnc3ccsc23)cc1. The van der Waals surface area contributed by atoms with Crippen LogP contribution in [-0.2, 0) is 4.79 Å². The van der Waals surface area contributed by atoms with Crippen LogP contribution in [0.2, 0.25) is 0 Å². The number of thioether (sulfide) groups is 1. The zero-order valence-corrected chi connectivity index (χ0v) is 16.2. The van der Waals surface area contributed by atoms with E-state index in [0.717, 1.165) is 21.7 Å². The minimum absolute atomic E-state index is 0.0146. The summed E-state index contributed by atoms with van der Waals surface area (Å²) in [7, 11) is 0. The van der Waals surface area contributed by atoms with E-state index in [1.54, 1.807) is 35.6 Å². The van der Waals surface area contributed by atoms with Gasteiger partial charge in [-0.15, -0.1) is 11.3 Å². The number of fused-ring (bicyclic) bond motifs is 1. The monoisotopic (exact) mass is 385 g/mol. The lowest BCUT2D eigenvalue weighted by molar-refractivity contribution is -0.116. The number of aromatic nitrogens is 2. The van der Waals surface area contributed by atoms with Crippen molar-refractivity contribution in [2.24, 2.45) is 0 Å². The van der Waals surface area contributed by atoms with Gasteiger partial charge in [0.1, 0.15) is 11.4 Å². The average Bonchev–Trinajstić information content (AvgIpc) is 3.12. The highest BCUT2D eigenvalue weighted by atomic mass is 32.2. The first-order valence-corrected chi connectivity index (χ1v) is 10.1. The molecule has 0 bridgehead atoms. The van der Waals surface area contributed by atoms with Gasteiger partial charge in [0, 0.05) is 17.7 Å². The van der Waals surface area contributed by atoms with Crippen molar-refractivity contribution in [1.29, 1.82) is 0 Å². The van der Waals surface area contributed by atoms with Crippen molar-refractivity contribution >= 4 is 50.7 Å². The van der Waals surface area contributed by atoms with Crippen LogP contribution in [0.5, 0.6) is 0 Å². The summed E-state index contributed by atoms with van der Waals surface area (Å²) in [5.41, 5.74) is 2.23. The summed E-state index contributed by atoms with van der Waals surface area (Å²) < 4.78 is 1.01. The van der Waals surface area contributed by atoms with Crippen LogP contribution in [0.4, 0.5) is 5.69 Å². The molecule has 3 rings (SSSR count). The molecule has 2 heterocycles. The number of benzene rings is 1. The number of rotatable bonds is 7. The van der Waals surface area contributed by atoms with Crippen molar-refractivity contribution in [3.8, 4) is 0 Å². The van der Waals surface area contributed by atoms with Gasteiger partial charge in [-0.2, -0.15) is 0 Å². The molecule has 0 aliphatic rings. The highest BCUT2D eigenvalue weighted by Gasteiger charge is 2.19. The van der Waals surface area contributed by atoms with Crippen LogP contribution in [0.1, 0.15) is 37.0 Å². The van der Waals surface area contributed by atoms with Gasteiger partial charge in [-0.1, -0.05) is 18.7 Å². The fourth-order valence-corrected chi connectivity index (χ4v) is 4.39. The van der Waals surface area contributed by atoms with E-state index in [2.05, 4.69) is 15.3 Å². The maximum absolute atomic E-state index is 12.7. The minimum Gasteiger partial charge on any atom is -0.326 e. The first kappa shape index (κ1) is 18.5. The van der Waals surface area contributed by atoms with Gasteiger partial charge in [-0.25, -0.2) is 9.97 Å². The second-order valence-electron chi connectivity index (χ2n) is 5.81. The van der Waals surface area contributed by atoms with E-state index in [0.29, 0.717) is 17.7 Å². The smallest absolute Gasteiger partial charge is 0.224 e. The summed E-state index contributed by atoms with van der Waals surface area (Å²) in [4.78, 5) is 32.9. The van der Waals surface area contributed by atoms with E-state index in [4.69, 9.17) is 0 Å². The molecule has 0 saturated carbocycles. The van der Waals surface area contributed by atoms with Crippen molar-refractivity contribution in [3.63, 3.8) is 0 Å². The van der Waals surface area contributed by atoms with Gasteiger partial charge in [0.2, 0.25) is 5.91 Å². The molecule has 0 aliphatic carbocycles. The van der Waals surface area contributed by atoms with Gasteiger partial charge in [-0.3, -0.25) is 9.59 Å². The third-order valence-electron chi connectivity index (χ3n) is 3.80. The zero-order chi connectivity index (χ0) is 18.5. The standard InChI is InChI=1S/C19H19N3O2S2/c1-3-4-16(23)22-14-7-5-13(6-8-14)17(24)12(2)26-19-18-15(9-10-25-18)20-11-21-19/h5-12H,3-4H2,1-2H3,(H,22,23). The maximum atomic E-state index is 12.7. The second-order valence-corrected chi connectivity index (χ2v) is 8.06. The first-order chi connectivity index (χ1) is 12.6. The number of amides is 1. The minimum atomic E-state index is -0.268. The second kappa shape index (κ2) is 8.42. The Labute approximate surface area is 160 Å². The quantitative estimate of drug-likeness (QED) is 0.359. The van der Waals surface area contributed by atoms with Crippen molar-refractivity contribution in [2.75, 3.05) is 5.32 Å². The van der Waals surface area contributed by atoms with E-state index < -0.39 is 0 Å². The Morgan fingerprint density at radius 3 is 2.69 bits per heavy atom. The summed E-state index contributed by atoms with van der Waals surface area (Å²) in [6, 6.07) is 8.98. The molecule has 0 fully saturated rings. The molecule has 0 aliphatic heterocycles. The molecule has 134 valence electrons. The molecule has 0 saturated heterocycles. The number of carbonyl (C=O) groups excluding carboxylic acids is 2. The number of nitrogens with zero attached hydrogens (tertiary/aromatic N) is 2. The molecule has 0 radical (unpaired) electrons. The summed E-state index contributed by atoms with van der Waals surface area (Å²) >= 11 is 3.02. The maximum Gasteiger partial charge on any atom is 0.224 e. The zero-order valence-electron chi connectivity index (χ0n) is 14.6. The van der Waals surface area contributed by atoms with Crippen LogP contribution >= 0.6 is 23.1 Å². The number of carbonyl (C=O) groups is 2. The number of Topliss-reactive ketones (excluding diaryl/α,β-unsaturated/α-hetero) is 1. The van der Waals surface area contributed by atoms with Crippen molar-refractivity contribution in [2.45, 2.75) is 37.0 Å². The lowest BCUT2D eigenvalue weighted by Gasteiger charge is -2.11. The van der Waals surface area contributed by atoms with Gasteiger partial charge in [0.25, 0.3) is 0 Å². The predicted molar refractivity (Wildman–Crippen MR) is 107 cm³/mol. The summed E-state index contributed by atoms with van der Waals surface area (Å²) in [6.45, 7) is 3.84. The Balaban J connectivity index is 1.68. The number of ketones is 1. The molecule has 1 N–H and O–H groups in total. The molecule has 7 heteroatoms. The molecular formula is C19H19N3O2S2. The molecule has 1 atom stereocenters. The third kappa shape index (κ3) is 4.28. The number of hydrogen-bond donors (Lipinski definition) is 1. The molecule has 5 nitrogen and oxygen atoms in total. The van der Waals surface area contributed by atoms with Crippen molar-refractivity contribution in [3.05, 3.63) is 47.6 Å². The molecule has 1 aromatic carbocycles. The van der Waals surface area contributed by atoms with Crippen LogP contribution in [0.25, 0.3) is 10.2 Å². The third-order valence-corrected chi connectivity index (χ3v) is 5.94. The molecular weight excluding hydrogens is 366 g/mol. The lowest BCUT2D eigenvalue weighted by atomic mass is 10.1. The molecule has 3 aromatic rings. The molecule has 1 unspecified atom stereocenters. The molecule has 0 spiro atoms. The summed E-state index contributed by atoms with van der Waals surface area (Å²) in [5, 5.41) is 5.36. The fraction of sp³-hybridized carbons (Fsp3) is 0.263. The van der Waals surface area contributed by atoms with Gasteiger partial charge in [0.15, 0.2) is 5.78 Å². The number of nitrogens with one attached hydrogen (secondary N) is 1. The van der Waals surface area contributed by atoms with Gasteiger partial charge < -0.3 is 5.32 Å². The van der Waals surface area contributed by atoms with Crippen LogP contribution in [0.3, 0.4) is 0 Å². The van der Waals surface area contributed by atoms with Crippen molar-refractivity contribution < 1.29 is 9.59 Å². The first-order valence-electron chi connectivity index (χ1n) is 8.37. The van der Waals surface area contributed by atoms with E-state index >= 15 is 0 Å². The molecule has 2 aromatic heterocycles. The largest absolute Gasteiger partial charge is 0.326 e. The topological polar surface area (TPSA) is 72.0 Å². The normalized spacial score (nSPS) is 12.1. The predicted octanol–water partition coefficient (Wildman–Crippen LogP) is 4.79. The Morgan fingerprint density at radius 1 is 1.19 bits per heavy atom. The Morgan fingerprint density at radius 2 is 1.96 bits per heavy atom. The highest BCUT2D eigenvalue weighted by molar-refractivity contribution is 8.00. The van der Waals surface area contributed by atoms with Gasteiger partial charge in [-0.05, 0) is 49.1 Å². The Hall–Kier alpha value is -2.25. The van der Waals surface area contributed by atoms with Crippen molar-refractivity contribution in [1.82, 2.24) is 9.97 Å². The van der Waals surface area contributed by atoms with Crippen LogP contribution < -0.4 is 5.32 Å². The van der Waals surface area contributed by atoms with E-state index in [1.807, 2.05) is 25.3 Å². The van der Waals surface area contributed by atoms with Crippen LogP contribution in [0.15, 0.2) is 47.1 Å². The van der Waals surface area contributed by atoms with Gasteiger partial charge in [0.05, 0.1) is 15.5 Å². The van der Waals surface area contributed by atoms with E-state index in [9.17, 15) is 9.59 Å². The number of hydrogen-bond acceptors (Lipinski definition) is 6. The fourth-order valence-electron chi connectivity index (χ4n) is 2.47. The number of anilines is 1. The molecule has 1 amide bonds.